The van der Waals surface area contributed by atoms with Crippen LogP contribution in [0.15, 0.2) is 18.3 Å². The summed E-state index contributed by atoms with van der Waals surface area (Å²) in [4.78, 5) is 13.5. The fraction of sp³-hybridized carbons (Fsp3) is 0.357. The number of anilines is 1. The predicted molar refractivity (Wildman–Crippen MR) is 72.9 cm³/mol. The maximum Gasteiger partial charge on any atom is 0.163 e. The highest BCUT2D eigenvalue weighted by molar-refractivity contribution is 5.59. The van der Waals surface area contributed by atoms with Gasteiger partial charge in [-0.3, -0.25) is 4.98 Å². The topological polar surface area (TPSA) is 59.9 Å². The standard InChI is InChI=1S/C14H16N4O/c1-9-3-4-10(7-16-9)13-17-12-5-6-19-8-11(12)14(15-2)18-13/h3-4,7H,5-6,8H2,1-2H3,(H,15,17,18). The summed E-state index contributed by atoms with van der Waals surface area (Å²) in [5, 5.41) is 3.13. The van der Waals surface area contributed by atoms with E-state index in [2.05, 4.69) is 20.3 Å². The Balaban J connectivity index is 2.09. The molecule has 0 fully saturated rings. The van der Waals surface area contributed by atoms with Crippen LogP contribution in [0.2, 0.25) is 0 Å². The zero-order valence-corrected chi connectivity index (χ0v) is 11.1. The Kier molecular flexibility index (Phi) is 3.13. The monoisotopic (exact) mass is 256 g/mol. The number of nitrogens with one attached hydrogen (secondary N) is 1. The maximum atomic E-state index is 5.47. The molecule has 0 saturated carbocycles. The third-order valence-corrected chi connectivity index (χ3v) is 3.23. The lowest BCUT2D eigenvalue weighted by atomic mass is 10.1. The van der Waals surface area contributed by atoms with E-state index >= 15 is 0 Å². The second-order valence-electron chi connectivity index (χ2n) is 4.56. The van der Waals surface area contributed by atoms with Gasteiger partial charge in [-0.05, 0) is 19.1 Å². The maximum absolute atomic E-state index is 5.47. The summed E-state index contributed by atoms with van der Waals surface area (Å²) in [7, 11) is 1.87. The molecule has 2 aromatic heterocycles. The van der Waals surface area contributed by atoms with Crippen LogP contribution in [0.25, 0.3) is 11.4 Å². The van der Waals surface area contributed by atoms with Gasteiger partial charge in [-0.15, -0.1) is 0 Å². The van der Waals surface area contributed by atoms with Crippen molar-refractivity contribution in [2.24, 2.45) is 0 Å². The SMILES string of the molecule is CNc1nc(-c2ccc(C)nc2)nc2c1COCC2. The molecule has 0 saturated heterocycles. The van der Waals surface area contributed by atoms with E-state index in [-0.39, 0.29) is 0 Å². The summed E-state index contributed by atoms with van der Waals surface area (Å²) < 4.78 is 5.47. The quantitative estimate of drug-likeness (QED) is 0.890. The van der Waals surface area contributed by atoms with Crippen molar-refractivity contribution in [3.05, 3.63) is 35.3 Å². The van der Waals surface area contributed by atoms with Gasteiger partial charge in [-0.2, -0.15) is 0 Å². The molecular weight excluding hydrogens is 240 g/mol. The number of aryl methyl sites for hydroxylation is 1. The minimum absolute atomic E-state index is 0.581. The van der Waals surface area contributed by atoms with Crippen molar-refractivity contribution in [2.45, 2.75) is 20.0 Å². The number of pyridine rings is 1. The van der Waals surface area contributed by atoms with Crippen molar-refractivity contribution >= 4 is 5.82 Å². The molecule has 0 bridgehead atoms. The Morgan fingerprint density at radius 3 is 2.89 bits per heavy atom. The highest BCUT2D eigenvalue weighted by Crippen LogP contribution is 2.25. The van der Waals surface area contributed by atoms with Crippen molar-refractivity contribution in [1.82, 2.24) is 15.0 Å². The second-order valence-corrected chi connectivity index (χ2v) is 4.56. The molecule has 3 heterocycles. The van der Waals surface area contributed by atoms with E-state index in [0.717, 1.165) is 47.2 Å². The van der Waals surface area contributed by atoms with Gasteiger partial charge in [0.1, 0.15) is 5.82 Å². The summed E-state index contributed by atoms with van der Waals surface area (Å²) >= 11 is 0. The molecule has 0 unspecified atom stereocenters. The summed E-state index contributed by atoms with van der Waals surface area (Å²) in [6.45, 7) is 3.27. The molecule has 5 heteroatoms. The normalized spacial score (nSPS) is 14.0. The average molecular weight is 256 g/mol. The van der Waals surface area contributed by atoms with Crippen molar-refractivity contribution in [1.29, 1.82) is 0 Å². The predicted octanol–water partition coefficient (Wildman–Crippen LogP) is 1.96. The van der Waals surface area contributed by atoms with Crippen LogP contribution >= 0.6 is 0 Å². The smallest absolute Gasteiger partial charge is 0.163 e. The summed E-state index contributed by atoms with van der Waals surface area (Å²) in [6, 6.07) is 3.98. The molecule has 3 rings (SSSR count). The van der Waals surface area contributed by atoms with E-state index in [1.165, 1.54) is 0 Å². The van der Waals surface area contributed by atoms with Gasteiger partial charge in [0, 0.05) is 36.5 Å². The third-order valence-electron chi connectivity index (χ3n) is 3.23. The Hall–Kier alpha value is -2.01. The van der Waals surface area contributed by atoms with Crippen molar-refractivity contribution in [3.8, 4) is 11.4 Å². The minimum Gasteiger partial charge on any atom is -0.376 e. The van der Waals surface area contributed by atoms with E-state index in [1.54, 1.807) is 0 Å². The average Bonchev–Trinajstić information content (AvgIpc) is 2.47. The molecule has 98 valence electrons. The molecule has 5 nitrogen and oxygen atoms in total. The van der Waals surface area contributed by atoms with Crippen LogP contribution in [0.5, 0.6) is 0 Å². The van der Waals surface area contributed by atoms with Crippen LogP contribution in [0, 0.1) is 6.92 Å². The van der Waals surface area contributed by atoms with Gasteiger partial charge in [0.15, 0.2) is 5.82 Å². The van der Waals surface area contributed by atoms with Gasteiger partial charge < -0.3 is 10.1 Å². The zero-order chi connectivity index (χ0) is 13.2. The first-order valence-corrected chi connectivity index (χ1v) is 6.36. The largest absolute Gasteiger partial charge is 0.376 e. The van der Waals surface area contributed by atoms with Crippen LogP contribution in [0.1, 0.15) is 17.0 Å². The molecule has 0 aromatic carbocycles. The first-order chi connectivity index (χ1) is 9.28. The molecule has 0 aliphatic carbocycles. The van der Waals surface area contributed by atoms with E-state index < -0.39 is 0 Å². The van der Waals surface area contributed by atoms with E-state index in [1.807, 2.05) is 32.3 Å². The van der Waals surface area contributed by atoms with E-state index in [4.69, 9.17) is 4.74 Å². The molecule has 0 spiro atoms. The Morgan fingerprint density at radius 1 is 1.26 bits per heavy atom. The minimum atomic E-state index is 0.581. The summed E-state index contributed by atoms with van der Waals surface area (Å²) in [5.41, 5.74) is 4.07. The fourth-order valence-corrected chi connectivity index (χ4v) is 2.17. The molecule has 1 N–H and O–H groups in total. The number of aromatic nitrogens is 3. The van der Waals surface area contributed by atoms with E-state index in [0.29, 0.717) is 6.61 Å². The molecule has 0 amide bonds. The van der Waals surface area contributed by atoms with E-state index in [9.17, 15) is 0 Å². The molecule has 1 aliphatic heterocycles. The zero-order valence-electron chi connectivity index (χ0n) is 11.1. The van der Waals surface area contributed by atoms with Crippen LogP contribution in [0.3, 0.4) is 0 Å². The lowest BCUT2D eigenvalue weighted by Gasteiger charge is -2.19. The number of fused-ring (bicyclic) bond motifs is 1. The summed E-state index contributed by atoms with van der Waals surface area (Å²) in [5.74, 6) is 1.57. The van der Waals surface area contributed by atoms with Gasteiger partial charge in [0.25, 0.3) is 0 Å². The van der Waals surface area contributed by atoms with Gasteiger partial charge in [0.05, 0.1) is 18.9 Å². The summed E-state index contributed by atoms with van der Waals surface area (Å²) in [6.07, 6.45) is 2.65. The van der Waals surface area contributed by atoms with Crippen LogP contribution in [-0.2, 0) is 17.8 Å². The Morgan fingerprint density at radius 2 is 2.16 bits per heavy atom. The second kappa shape index (κ2) is 4.93. The highest BCUT2D eigenvalue weighted by Gasteiger charge is 2.18. The van der Waals surface area contributed by atoms with Gasteiger partial charge in [-0.25, -0.2) is 9.97 Å². The van der Waals surface area contributed by atoms with Crippen molar-refractivity contribution < 1.29 is 4.74 Å². The third kappa shape index (κ3) is 2.29. The van der Waals surface area contributed by atoms with Crippen molar-refractivity contribution in [3.63, 3.8) is 0 Å². The van der Waals surface area contributed by atoms with Gasteiger partial charge in [-0.1, -0.05) is 0 Å². The Bertz CT molecular complexity index is 578. The molecule has 0 atom stereocenters. The molecule has 0 radical (unpaired) electrons. The first-order valence-electron chi connectivity index (χ1n) is 6.36. The Labute approximate surface area is 112 Å². The molecule has 1 aliphatic rings. The van der Waals surface area contributed by atoms with Crippen LogP contribution in [0.4, 0.5) is 5.82 Å². The number of rotatable bonds is 2. The first kappa shape index (κ1) is 12.0. The number of nitrogens with zero attached hydrogens (tertiary/aromatic N) is 3. The molecule has 19 heavy (non-hydrogen) atoms. The number of hydrogen-bond acceptors (Lipinski definition) is 5. The lowest BCUT2D eigenvalue weighted by molar-refractivity contribution is 0.109. The molecule has 2 aromatic rings. The number of ether oxygens (including phenoxy) is 1. The fourth-order valence-electron chi connectivity index (χ4n) is 2.17. The van der Waals surface area contributed by atoms with Crippen LogP contribution < -0.4 is 5.32 Å². The highest BCUT2D eigenvalue weighted by atomic mass is 16.5. The number of hydrogen-bond donors (Lipinski definition) is 1. The lowest BCUT2D eigenvalue weighted by Crippen LogP contribution is -2.16. The van der Waals surface area contributed by atoms with Gasteiger partial charge in [0.2, 0.25) is 0 Å². The van der Waals surface area contributed by atoms with Gasteiger partial charge >= 0.3 is 0 Å². The van der Waals surface area contributed by atoms with Crippen LogP contribution in [-0.4, -0.2) is 28.6 Å². The molecular formula is C14H16N4O. The van der Waals surface area contributed by atoms with Crippen molar-refractivity contribution in [2.75, 3.05) is 19.0 Å².